The summed E-state index contributed by atoms with van der Waals surface area (Å²) in [5, 5.41) is 28.5. The molecule has 1 aliphatic rings. The second kappa shape index (κ2) is 4.39. The topological polar surface area (TPSA) is 69.9 Å². The van der Waals surface area contributed by atoms with Gasteiger partial charge in [-0.05, 0) is 30.5 Å². The molecule has 3 N–H and O–H groups in total. The van der Waals surface area contributed by atoms with Crippen molar-refractivity contribution in [3.05, 3.63) is 47.5 Å². The molecule has 0 aromatic heterocycles. The third kappa shape index (κ3) is 2.17. The third-order valence-corrected chi connectivity index (χ3v) is 3.36. The SMILES string of the molecule is Oc1ccc([C@H]2CCc3c(O)cc(O)cc3O2)cc1. The minimum absolute atomic E-state index is 0.0115. The number of hydrogen-bond donors (Lipinski definition) is 3. The van der Waals surface area contributed by atoms with Gasteiger partial charge in [-0.15, -0.1) is 0 Å². The lowest BCUT2D eigenvalue weighted by molar-refractivity contribution is 0.174. The number of aromatic hydroxyl groups is 3. The first-order valence-corrected chi connectivity index (χ1v) is 6.14. The summed E-state index contributed by atoms with van der Waals surface area (Å²) >= 11 is 0. The number of phenolic OH excluding ortho intramolecular Hbond substituents is 3. The van der Waals surface area contributed by atoms with Gasteiger partial charge in [-0.25, -0.2) is 0 Å². The van der Waals surface area contributed by atoms with Crippen LogP contribution < -0.4 is 4.74 Å². The van der Waals surface area contributed by atoms with Crippen molar-refractivity contribution in [2.45, 2.75) is 18.9 Å². The second-order valence-electron chi connectivity index (χ2n) is 4.68. The molecule has 0 aliphatic carbocycles. The molecule has 0 saturated heterocycles. The van der Waals surface area contributed by atoms with E-state index in [1.165, 1.54) is 12.1 Å². The van der Waals surface area contributed by atoms with E-state index in [0.717, 1.165) is 17.5 Å². The Bertz CT molecular complexity index is 604. The number of benzene rings is 2. The molecule has 4 heteroatoms. The summed E-state index contributed by atoms with van der Waals surface area (Å²) in [5.41, 5.74) is 1.69. The van der Waals surface area contributed by atoms with E-state index in [2.05, 4.69) is 0 Å². The maximum Gasteiger partial charge on any atom is 0.130 e. The predicted molar refractivity (Wildman–Crippen MR) is 69.6 cm³/mol. The van der Waals surface area contributed by atoms with E-state index in [1.807, 2.05) is 12.1 Å². The van der Waals surface area contributed by atoms with E-state index in [0.29, 0.717) is 12.2 Å². The smallest absolute Gasteiger partial charge is 0.130 e. The number of fused-ring (bicyclic) bond motifs is 1. The highest BCUT2D eigenvalue weighted by Gasteiger charge is 2.24. The Balaban J connectivity index is 1.91. The van der Waals surface area contributed by atoms with Gasteiger partial charge in [0, 0.05) is 17.7 Å². The van der Waals surface area contributed by atoms with E-state index in [9.17, 15) is 15.3 Å². The molecule has 0 amide bonds. The Morgan fingerprint density at radius 3 is 2.42 bits per heavy atom. The zero-order valence-electron chi connectivity index (χ0n) is 10.2. The van der Waals surface area contributed by atoms with Crippen LogP contribution in [0.15, 0.2) is 36.4 Å². The molecule has 4 nitrogen and oxygen atoms in total. The molecule has 19 heavy (non-hydrogen) atoms. The molecular formula is C15H14O4. The zero-order chi connectivity index (χ0) is 13.4. The molecule has 0 unspecified atom stereocenters. The average molecular weight is 258 g/mol. The van der Waals surface area contributed by atoms with Crippen LogP contribution in [-0.4, -0.2) is 15.3 Å². The summed E-state index contributed by atoms with van der Waals surface area (Å²) in [7, 11) is 0. The first kappa shape index (κ1) is 11.7. The number of rotatable bonds is 1. The maximum atomic E-state index is 9.76. The lowest BCUT2D eigenvalue weighted by atomic mass is 9.96. The highest BCUT2D eigenvalue weighted by Crippen LogP contribution is 2.41. The molecule has 0 radical (unpaired) electrons. The van der Waals surface area contributed by atoms with Crippen molar-refractivity contribution in [2.75, 3.05) is 0 Å². The fourth-order valence-electron chi connectivity index (χ4n) is 2.38. The molecule has 2 aromatic rings. The molecule has 0 bridgehead atoms. The molecule has 0 spiro atoms. The van der Waals surface area contributed by atoms with E-state index in [-0.39, 0.29) is 23.4 Å². The van der Waals surface area contributed by atoms with E-state index in [1.54, 1.807) is 12.1 Å². The Kier molecular flexibility index (Phi) is 2.71. The Labute approximate surface area is 110 Å². The van der Waals surface area contributed by atoms with Crippen molar-refractivity contribution < 1.29 is 20.1 Å². The van der Waals surface area contributed by atoms with Crippen LogP contribution in [0.3, 0.4) is 0 Å². The van der Waals surface area contributed by atoms with Gasteiger partial charge in [0.05, 0.1) is 0 Å². The van der Waals surface area contributed by atoms with Gasteiger partial charge in [-0.2, -0.15) is 0 Å². The maximum absolute atomic E-state index is 9.76. The second-order valence-corrected chi connectivity index (χ2v) is 4.68. The van der Waals surface area contributed by atoms with Crippen molar-refractivity contribution in [2.24, 2.45) is 0 Å². The minimum Gasteiger partial charge on any atom is -0.508 e. The average Bonchev–Trinajstić information content (AvgIpc) is 2.38. The van der Waals surface area contributed by atoms with Gasteiger partial charge in [0.25, 0.3) is 0 Å². The van der Waals surface area contributed by atoms with Crippen LogP contribution in [0.25, 0.3) is 0 Å². The Morgan fingerprint density at radius 2 is 1.68 bits per heavy atom. The van der Waals surface area contributed by atoms with Gasteiger partial charge in [0.1, 0.15) is 29.1 Å². The fourth-order valence-corrected chi connectivity index (χ4v) is 2.38. The molecule has 0 fully saturated rings. The highest BCUT2D eigenvalue weighted by atomic mass is 16.5. The lowest BCUT2D eigenvalue weighted by Gasteiger charge is -2.27. The van der Waals surface area contributed by atoms with E-state index in [4.69, 9.17) is 4.74 Å². The summed E-state index contributed by atoms with van der Waals surface area (Å²) in [5.74, 6) is 0.791. The van der Waals surface area contributed by atoms with Gasteiger partial charge in [-0.3, -0.25) is 0 Å². The predicted octanol–water partition coefficient (Wildman–Crippen LogP) is 2.87. The van der Waals surface area contributed by atoms with Crippen LogP contribution in [-0.2, 0) is 6.42 Å². The van der Waals surface area contributed by atoms with Crippen molar-refractivity contribution in [1.29, 1.82) is 0 Å². The van der Waals surface area contributed by atoms with Crippen LogP contribution in [0.2, 0.25) is 0 Å². The first-order chi connectivity index (χ1) is 9.13. The van der Waals surface area contributed by atoms with Gasteiger partial charge < -0.3 is 20.1 Å². The number of hydrogen-bond acceptors (Lipinski definition) is 4. The van der Waals surface area contributed by atoms with E-state index >= 15 is 0 Å². The summed E-state index contributed by atoms with van der Waals surface area (Å²) in [6, 6.07) is 9.70. The van der Waals surface area contributed by atoms with Crippen LogP contribution in [0, 0.1) is 0 Å². The number of ether oxygens (including phenoxy) is 1. The van der Waals surface area contributed by atoms with Crippen molar-refractivity contribution in [3.8, 4) is 23.0 Å². The molecule has 3 rings (SSSR count). The number of phenols is 3. The van der Waals surface area contributed by atoms with Crippen molar-refractivity contribution in [3.63, 3.8) is 0 Å². The fraction of sp³-hybridized carbons (Fsp3) is 0.200. The van der Waals surface area contributed by atoms with Crippen molar-refractivity contribution in [1.82, 2.24) is 0 Å². The van der Waals surface area contributed by atoms with Gasteiger partial charge in [-0.1, -0.05) is 12.1 Å². The Hall–Kier alpha value is -2.36. The largest absolute Gasteiger partial charge is 0.508 e. The quantitative estimate of drug-likeness (QED) is 0.735. The zero-order valence-corrected chi connectivity index (χ0v) is 10.2. The summed E-state index contributed by atoms with van der Waals surface area (Å²) in [4.78, 5) is 0. The Morgan fingerprint density at radius 1 is 0.947 bits per heavy atom. The van der Waals surface area contributed by atoms with Crippen LogP contribution in [0.1, 0.15) is 23.7 Å². The van der Waals surface area contributed by atoms with Crippen LogP contribution in [0.4, 0.5) is 0 Å². The molecule has 1 heterocycles. The third-order valence-electron chi connectivity index (χ3n) is 3.36. The molecule has 1 atom stereocenters. The molecular weight excluding hydrogens is 244 g/mol. The van der Waals surface area contributed by atoms with Crippen molar-refractivity contribution >= 4 is 0 Å². The first-order valence-electron chi connectivity index (χ1n) is 6.14. The lowest BCUT2D eigenvalue weighted by Crippen LogP contribution is -2.15. The summed E-state index contributed by atoms with van der Waals surface area (Å²) in [6.07, 6.45) is 1.30. The highest BCUT2D eigenvalue weighted by molar-refractivity contribution is 5.50. The molecule has 0 saturated carbocycles. The van der Waals surface area contributed by atoms with E-state index < -0.39 is 0 Å². The van der Waals surface area contributed by atoms with Crippen LogP contribution >= 0.6 is 0 Å². The summed E-state index contributed by atoms with van der Waals surface area (Å²) in [6.45, 7) is 0. The molecule has 2 aromatic carbocycles. The minimum atomic E-state index is -0.130. The van der Waals surface area contributed by atoms with Gasteiger partial charge >= 0.3 is 0 Å². The van der Waals surface area contributed by atoms with Crippen LogP contribution in [0.5, 0.6) is 23.0 Å². The monoisotopic (exact) mass is 258 g/mol. The standard InChI is InChI=1S/C15H14O4/c16-10-3-1-9(2-4-10)14-6-5-12-13(18)7-11(17)8-15(12)19-14/h1-4,7-8,14,16-18H,5-6H2/t14-/m1/s1. The van der Waals surface area contributed by atoms with Gasteiger partial charge in [0.15, 0.2) is 0 Å². The molecule has 98 valence electrons. The normalized spacial score (nSPS) is 17.6. The molecule has 1 aliphatic heterocycles. The van der Waals surface area contributed by atoms with Gasteiger partial charge in [0.2, 0.25) is 0 Å². The summed E-state index contributed by atoms with van der Waals surface area (Å²) < 4.78 is 5.82.